The molecule has 0 radical (unpaired) electrons. The molecule has 1 amide bonds. The summed E-state index contributed by atoms with van der Waals surface area (Å²) < 4.78 is 13.0. The highest BCUT2D eigenvalue weighted by Gasteiger charge is 2.30. The molecular formula is C18H20ClN3O3. The van der Waals surface area contributed by atoms with Crippen LogP contribution < -0.4 is 14.8 Å². The van der Waals surface area contributed by atoms with Crippen molar-refractivity contribution in [3.63, 3.8) is 0 Å². The second-order valence-electron chi connectivity index (χ2n) is 6.57. The molecule has 1 fully saturated rings. The third-order valence-electron chi connectivity index (χ3n) is 4.65. The summed E-state index contributed by atoms with van der Waals surface area (Å²) >= 11 is 6.23. The molecule has 1 atom stereocenters. The van der Waals surface area contributed by atoms with Crippen molar-refractivity contribution >= 4 is 23.3 Å². The smallest absolute Gasteiger partial charge is 0.229 e. The number of rotatable bonds is 5. The topological polar surface area (TPSA) is 65.4 Å². The molecule has 2 aliphatic rings. The van der Waals surface area contributed by atoms with Gasteiger partial charge in [-0.15, -0.1) is 0 Å². The molecule has 6 nitrogen and oxygen atoms in total. The highest BCUT2D eigenvalue weighted by Crippen LogP contribution is 2.40. The van der Waals surface area contributed by atoms with Gasteiger partial charge in [0.25, 0.3) is 0 Å². The van der Waals surface area contributed by atoms with Gasteiger partial charge < -0.3 is 14.8 Å². The van der Waals surface area contributed by atoms with Crippen LogP contribution in [0.3, 0.4) is 0 Å². The van der Waals surface area contributed by atoms with E-state index in [1.54, 1.807) is 12.3 Å². The summed E-state index contributed by atoms with van der Waals surface area (Å²) in [5.41, 5.74) is 0.785. The third-order valence-corrected chi connectivity index (χ3v) is 4.93. The minimum Gasteiger partial charge on any atom is -0.486 e. The molecule has 2 heterocycles. The quantitative estimate of drug-likeness (QED) is 0.885. The van der Waals surface area contributed by atoms with E-state index < -0.39 is 0 Å². The van der Waals surface area contributed by atoms with Gasteiger partial charge in [-0.05, 0) is 43.4 Å². The van der Waals surface area contributed by atoms with Crippen LogP contribution in [0.25, 0.3) is 0 Å². The summed E-state index contributed by atoms with van der Waals surface area (Å²) in [4.78, 5) is 12.5. The van der Waals surface area contributed by atoms with Gasteiger partial charge in [0, 0.05) is 6.07 Å². The molecule has 132 valence electrons. The van der Waals surface area contributed by atoms with E-state index in [4.69, 9.17) is 21.1 Å². The first kappa shape index (κ1) is 16.3. The largest absolute Gasteiger partial charge is 0.486 e. The summed E-state index contributed by atoms with van der Waals surface area (Å²) in [6, 6.07) is 5.69. The Hall–Kier alpha value is -2.21. The van der Waals surface area contributed by atoms with E-state index in [2.05, 4.69) is 17.3 Å². The maximum absolute atomic E-state index is 12.5. The zero-order valence-electron chi connectivity index (χ0n) is 14.0. The van der Waals surface area contributed by atoms with Gasteiger partial charge in [0.1, 0.15) is 19.0 Å². The van der Waals surface area contributed by atoms with Crippen molar-refractivity contribution in [2.24, 2.45) is 5.92 Å². The maximum atomic E-state index is 12.5. The summed E-state index contributed by atoms with van der Waals surface area (Å²) in [5, 5.41) is 7.77. The van der Waals surface area contributed by atoms with Crippen LogP contribution in [-0.4, -0.2) is 28.9 Å². The Kier molecular flexibility index (Phi) is 4.29. The number of ether oxygens (including phenoxy) is 2. The number of halogens is 1. The van der Waals surface area contributed by atoms with Crippen molar-refractivity contribution in [2.45, 2.75) is 32.2 Å². The Balaban J connectivity index is 1.46. The number of hydrogen-bond acceptors (Lipinski definition) is 4. The molecule has 4 rings (SSSR count). The van der Waals surface area contributed by atoms with E-state index in [0.717, 1.165) is 11.4 Å². The summed E-state index contributed by atoms with van der Waals surface area (Å²) in [7, 11) is 0. The molecule has 1 saturated carbocycles. The minimum absolute atomic E-state index is 0.113. The molecule has 1 aromatic carbocycles. The summed E-state index contributed by atoms with van der Waals surface area (Å²) in [5.74, 6) is 2.42. The number of benzene rings is 1. The highest BCUT2D eigenvalue weighted by molar-refractivity contribution is 6.32. The van der Waals surface area contributed by atoms with Crippen molar-refractivity contribution in [1.29, 1.82) is 0 Å². The van der Waals surface area contributed by atoms with Crippen molar-refractivity contribution in [1.82, 2.24) is 9.78 Å². The van der Waals surface area contributed by atoms with E-state index in [0.29, 0.717) is 41.7 Å². The lowest BCUT2D eigenvalue weighted by molar-refractivity contribution is -0.115. The lowest BCUT2D eigenvalue weighted by Gasteiger charge is -2.20. The predicted octanol–water partition coefficient (Wildman–Crippen LogP) is 3.46. The normalized spacial score (nSPS) is 17.2. The van der Waals surface area contributed by atoms with Gasteiger partial charge in [0.2, 0.25) is 5.91 Å². The van der Waals surface area contributed by atoms with Crippen LogP contribution in [0.1, 0.15) is 31.4 Å². The first-order valence-corrected chi connectivity index (χ1v) is 8.91. The average Bonchev–Trinajstić information content (AvgIpc) is 3.34. The zero-order valence-corrected chi connectivity index (χ0v) is 14.8. The Labute approximate surface area is 151 Å². The van der Waals surface area contributed by atoms with Crippen LogP contribution in [0.2, 0.25) is 5.02 Å². The standard InChI is InChI=1S/C18H20ClN3O3/c1-11(13-2-3-13)22-16(4-5-20-22)21-17(23)10-12-8-14(19)18-15(9-12)24-6-7-25-18/h4-5,8-9,11,13H,2-3,6-7,10H2,1H3,(H,21,23). The second-order valence-corrected chi connectivity index (χ2v) is 6.97. The van der Waals surface area contributed by atoms with Gasteiger partial charge in [-0.1, -0.05) is 11.6 Å². The Morgan fingerprint density at radius 2 is 2.20 bits per heavy atom. The fraction of sp³-hybridized carbons (Fsp3) is 0.444. The molecule has 2 aromatic rings. The number of fused-ring (bicyclic) bond motifs is 1. The fourth-order valence-electron chi connectivity index (χ4n) is 3.15. The van der Waals surface area contributed by atoms with E-state index in [-0.39, 0.29) is 12.3 Å². The molecule has 25 heavy (non-hydrogen) atoms. The van der Waals surface area contributed by atoms with Crippen LogP contribution in [0.15, 0.2) is 24.4 Å². The molecule has 7 heteroatoms. The second kappa shape index (κ2) is 6.59. The number of anilines is 1. The summed E-state index contributed by atoms with van der Waals surface area (Å²) in [6.45, 7) is 3.11. The Bertz CT molecular complexity index is 801. The van der Waals surface area contributed by atoms with E-state index in [1.165, 1.54) is 12.8 Å². The molecule has 0 spiro atoms. The van der Waals surface area contributed by atoms with Crippen molar-refractivity contribution in [3.8, 4) is 11.5 Å². The first-order chi connectivity index (χ1) is 12.1. The van der Waals surface area contributed by atoms with Gasteiger partial charge in [-0.2, -0.15) is 5.10 Å². The number of nitrogens with zero attached hydrogens (tertiary/aromatic N) is 2. The minimum atomic E-state index is -0.113. The lowest BCUT2D eigenvalue weighted by Crippen LogP contribution is -2.20. The van der Waals surface area contributed by atoms with Crippen LogP contribution in [-0.2, 0) is 11.2 Å². The number of carbonyl (C=O) groups is 1. The van der Waals surface area contributed by atoms with Gasteiger partial charge >= 0.3 is 0 Å². The third kappa shape index (κ3) is 3.44. The molecular weight excluding hydrogens is 342 g/mol. The van der Waals surface area contributed by atoms with Gasteiger partial charge in [0.15, 0.2) is 11.5 Å². The zero-order chi connectivity index (χ0) is 17.4. The van der Waals surface area contributed by atoms with Crippen molar-refractivity contribution in [2.75, 3.05) is 18.5 Å². The first-order valence-electron chi connectivity index (χ1n) is 8.53. The van der Waals surface area contributed by atoms with E-state index >= 15 is 0 Å². The molecule has 1 unspecified atom stereocenters. The fourth-order valence-corrected chi connectivity index (χ4v) is 3.44. The number of amides is 1. The maximum Gasteiger partial charge on any atom is 0.229 e. The molecule has 1 aromatic heterocycles. The molecule has 0 bridgehead atoms. The van der Waals surface area contributed by atoms with E-state index in [9.17, 15) is 4.79 Å². The van der Waals surface area contributed by atoms with Crippen molar-refractivity contribution in [3.05, 3.63) is 35.0 Å². The summed E-state index contributed by atoms with van der Waals surface area (Å²) in [6.07, 6.45) is 4.38. The van der Waals surface area contributed by atoms with Gasteiger partial charge in [-0.3, -0.25) is 4.79 Å². The van der Waals surface area contributed by atoms with Crippen molar-refractivity contribution < 1.29 is 14.3 Å². The average molecular weight is 362 g/mol. The van der Waals surface area contributed by atoms with Crippen LogP contribution >= 0.6 is 11.6 Å². The molecule has 1 aliphatic carbocycles. The molecule has 1 N–H and O–H groups in total. The molecule has 1 aliphatic heterocycles. The van der Waals surface area contributed by atoms with Crippen LogP contribution in [0, 0.1) is 5.92 Å². The Morgan fingerprint density at radius 3 is 3.00 bits per heavy atom. The monoisotopic (exact) mass is 361 g/mol. The highest BCUT2D eigenvalue weighted by atomic mass is 35.5. The number of nitrogens with one attached hydrogen (secondary N) is 1. The van der Waals surface area contributed by atoms with Crippen LogP contribution in [0.5, 0.6) is 11.5 Å². The number of aromatic nitrogens is 2. The van der Waals surface area contributed by atoms with Gasteiger partial charge in [0.05, 0.1) is 23.7 Å². The van der Waals surface area contributed by atoms with Crippen LogP contribution in [0.4, 0.5) is 5.82 Å². The SMILES string of the molecule is CC(C1CC1)n1nccc1NC(=O)Cc1cc(Cl)c2c(c1)OCCO2. The predicted molar refractivity (Wildman–Crippen MR) is 94.4 cm³/mol. The van der Waals surface area contributed by atoms with E-state index in [1.807, 2.05) is 16.8 Å². The number of hydrogen-bond donors (Lipinski definition) is 1. The lowest BCUT2D eigenvalue weighted by atomic mass is 10.1. The van der Waals surface area contributed by atoms with Gasteiger partial charge in [-0.25, -0.2) is 4.68 Å². The Morgan fingerprint density at radius 1 is 1.40 bits per heavy atom. The molecule has 0 saturated heterocycles. The number of carbonyl (C=O) groups excluding carboxylic acids is 1.